The zero-order valence-electron chi connectivity index (χ0n) is 25.9. The molecule has 0 N–H and O–H groups in total. The average Bonchev–Trinajstić information content (AvgIpc) is 3.36. The molecule has 0 fully saturated rings. The molecule has 0 atom stereocenters. The molecule has 0 aliphatic heterocycles. The minimum atomic E-state index is 0. The summed E-state index contributed by atoms with van der Waals surface area (Å²) in [7, 11) is 0. The van der Waals surface area contributed by atoms with Gasteiger partial charge in [-0.1, -0.05) is 126 Å². The van der Waals surface area contributed by atoms with E-state index in [9.17, 15) is 0 Å². The molecular weight excluding hydrogens is 607 g/mol. The van der Waals surface area contributed by atoms with Crippen LogP contribution in [0.4, 0.5) is 0 Å². The van der Waals surface area contributed by atoms with E-state index in [2.05, 4.69) is 148 Å². The van der Waals surface area contributed by atoms with Crippen molar-refractivity contribution >= 4 is 3.21 Å². The Morgan fingerprint density at radius 3 is 1.80 bits per heavy atom. The summed E-state index contributed by atoms with van der Waals surface area (Å²) in [6.07, 6.45) is 1.03. The maximum absolute atomic E-state index is 3.53. The second-order valence-corrected chi connectivity index (χ2v) is 15.3. The SMILES string of the molecule is CC(C)(C)c1c[c-]c2c(c1)-c1cc(C(C)(C)C)ccc1C2.C[C](C)=[Zr+2].Cc1cc(-c2ccccc2)c(C)[cH-]1.[Cl-].[Cl-]. The smallest absolute Gasteiger partial charge is 0.0623 e. The molecule has 4 aromatic carbocycles. The molecule has 0 unspecified atom stereocenters. The Morgan fingerprint density at radius 2 is 1.30 bits per heavy atom. The predicted octanol–water partition coefficient (Wildman–Crippen LogP) is 4.10. The molecule has 4 aromatic rings. The van der Waals surface area contributed by atoms with Crippen LogP contribution in [-0.4, -0.2) is 3.21 Å². The molecule has 0 bridgehead atoms. The first-order valence-corrected chi connectivity index (χ1v) is 14.9. The van der Waals surface area contributed by atoms with Crippen molar-refractivity contribution in [3.63, 3.8) is 0 Å². The van der Waals surface area contributed by atoms with Gasteiger partial charge in [-0.05, 0) is 17.4 Å². The number of aryl methyl sites for hydroxylation is 2. The average molecular weight is 651 g/mol. The van der Waals surface area contributed by atoms with Crippen LogP contribution in [0.3, 0.4) is 0 Å². The van der Waals surface area contributed by atoms with Crippen molar-refractivity contribution < 1.29 is 49.0 Å². The van der Waals surface area contributed by atoms with E-state index in [1.54, 1.807) is 24.2 Å². The van der Waals surface area contributed by atoms with E-state index in [4.69, 9.17) is 0 Å². The second-order valence-electron chi connectivity index (χ2n) is 12.8. The van der Waals surface area contributed by atoms with E-state index in [0.29, 0.717) is 0 Å². The second kappa shape index (κ2) is 15.0. The van der Waals surface area contributed by atoms with Gasteiger partial charge in [0.15, 0.2) is 0 Å². The first-order valence-electron chi connectivity index (χ1n) is 13.7. The number of hydrogen-bond acceptors (Lipinski definition) is 0. The van der Waals surface area contributed by atoms with E-state index in [-0.39, 0.29) is 35.6 Å². The molecule has 0 saturated carbocycles. The van der Waals surface area contributed by atoms with Gasteiger partial charge >= 0.3 is 41.3 Å². The van der Waals surface area contributed by atoms with Crippen LogP contribution < -0.4 is 24.8 Å². The molecule has 40 heavy (non-hydrogen) atoms. The van der Waals surface area contributed by atoms with Gasteiger partial charge in [-0.25, -0.2) is 6.07 Å². The van der Waals surface area contributed by atoms with Gasteiger partial charge in [0.2, 0.25) is 0 Å². The summed E-state index contributed by atoms with van der Waals surface area (Å²) in [5, 5.41) is 0. The van der Waals surface area contributed by atoms with Crippen molar-refractivity contribution in [1.29, 1.82) is 0 Å². The van der Waals surface area contributed by atoms with Gasteiger partial charge < -0.3 is 24.8 Å². The summed E-state index contributed by atoms with van der Waals surface area (Å²) in [6.45, 7) is 22.2. The van der Waals surface area contributed by atoms with Gasteiger partial charge in [0.25, 0.3) is 0 Å². The van der Waals surface area contributed by atoms with Crippen LogP contribution in [0.2, 0.25) is 0 Å². The fourth-order valence-corrected chi connectivity index (χ4v) is 4.72. The van der Waals surface area contributed by atoms with Gasteiger partial charge in [0, 0.05) is 0 Å². The quantitative estimate of drug-likeness (QED) is 0.240. The van der Waals surface area contributed by atoms with Gasteiger partial charge in [-0.2, -0.15) is 52.1 Å². The summed E-state index contributed by atoms with van der Waals surface area (Å²) < 4.78 is 1.51. The van der Waals surface area contributed by atoms with Crippen LogP contribution in [0.25, 0.3) is 22.3 Å². The van der Waals surface area contributed by atoms with Crippen LogP contribution in [0, 0.1) is 19.9 Å². The van der Waals surface area contributed by atoms with Crippen molar-refractivity contribution in [3.05, 3.63) is 112 Å². The molecule has 1 aliphatic carbocycles. The van der Waals surface area contributed by atoms with E-state index >= 15 is 0 Å². The normalized spacial score (nSPS) is 11.4. The van der Waals surface area contributed by atoms with Gasteiger partial charge in [-0.15, -0.1) is 5.56 Å². The zero-order valence-corrected chi connectivity index (χ0v) is 29.9. The standard InChI is InChI=1S/C21H25.C13H13.C3H6.2ClH.Zr/c1-20(2,3)16-9-7-14-11-15-8-10-17(21(4,5)6)13-19(15)18(14)12-16;1-10-8-11(2)13(9-10)12-6-4-3-5-7-12;1-3-2;;;/h7,9-10,12-13H,11H2,1-6H3;3-9H,1-2H3;1-2H3;2*1H;/q2*-1;;;;+2/p-2. The fourth-order valence-electron chi connectivity index (χ4n) is 4.72. The summed E-state index contributed by atoms with van der Waals surface area (Å²) in [5.74, 6) is 0. The maximum Gasteiger partial charge on any atom is -0.0623 e. The van der Waals surface area contributed by atoms with Gasteiger partial charge in [-0.3, -0.25) is 0 Å². The third-order valence-corrected chi connectivity index (χ3v) is 6.85. The minimum Gasteiger partial charge on any atom is -1.00 e. The Labute approximate surface area is 271 Å². The molecule has 0 nitrogen and oxygen atoms in total. The maximum atomic E-state index is 3.53. The molecule has 5 rings (SSSR count). The Kier molecular flexibility index (Phi) is 13.6. The molecule has 0 amide bonds. The van der Waals surface area contributed by atoms with E-state index in [1.165, 1.54) is 58.8 Å². The molecule has 212 valence electrons. The summed E-state index contributed by atoms with van der Waals surface area (Å²) in [5.41, 5.74) is 14.1. The van der Waals surface area contributed by atoms with Crippen molar-refractivity contribution in [2.75, 3.05) is 0 Å². The van der Waals surface area contributed by atoms with Crippen LogP contribution in [0.1, 0.15) is 88.8 Å². The van der Waals surface area contributed by atoms with Crippen LogP contribution in [-0.2, 0) is 41.5 Å². The van der Waals surface area contributed by atoms with Crippen molar-refractivity contribution in [3.8, 4) is 22.3 Å². The van der Waals surface area contributed by atoms with Gasteiger partial charge in [0.05, 0.1) is 0 Å². The van der Waals surface area contributed by atoms with E-state index < -0.39 is 0 Å². The molecule has 1 aliphatic rings. The first-order chi connectivity index (χ1) is 17.7. The molecule has 0 radical (unpaired) electrons. The van der Waals surface area contributed by atoms with Crippen molar-refractivity contribution in [2.24, 2.45) is 0 Å². The summed E-state index contributed by atoms with van der Waals surface area (Å²) in [4.78, 5) is 0. The largest absolute Gasteiger partial charge is 1.00 e. The van der Waals surface area contributed by atoms with E-state index in [1.807, 2.05) is 0 Å². The number of rotatable bonds is 1. The molecule has 0 heterocycles. The Bertz CT molecular complexity index is 1330. The minimum absolute atomic E-state index is 0. The third-order valence-electron chi connectivity index (χ3n) is 6.85. The van der Waals surface area contributed by atoms with Crippen molar-refractivity contribution in [1.82, 2.24) is 0 Å². The Balaban J connectivity index is 0.000000362. The number of fused-ring (bicyclic) bond motifs is 3. The summed E-state index contributed by atoms with van der Waals surface area (Å²) >= 11 is 1.55. The topological polar surface area (TPSA) is 0 Å². The number of benzene rings is 3. The number of halogens is 2. The van der Waals surface area contributed by atoms with Crippen LogP contribution >= 0.6 is 0 Å². The molecule has 0 spiro atoms. The molecule has 0 saturated heterocycles. The van der Waals surface area contributed by atoms with Crippen molar-refractivity contribution in [2.45, 2.75) is 86.5 Å². The molecular formula is C37H44Cl2Zr-2. The number of hydrogen-bond donors (Lipinski definition) is 0. The van der Waals surface area contributed by atoms with Crippen LogP contribution in [0.15, 0.2) is 72.8 Å². The van der Waals surface area contributed by atoms with E-state index in [0.717, 1.165) is 6.42 Å². The predicted molar refractivity (Wildman–Crippen MR) is 164 cm³/mol. The first kappa shape index (κ1) is 36.4. The molecule has 3 heteroatoms. The Hall–Kier alpha value is -1.66. The Morgan fingerprint density at radius 1 is 0.750 bits per heavy atom. The summed E-state index contributed by atoms with van der Waals surface area (Å²) in [6, 6.07) is 30.1. The molecule has 0 aromatic heterocycles. The van der Waals surface area contributed by atoms with Gasteiger partial charge in [0.1, 0.15) is 0 Å². The zero-order chi connectivity index (χ0) is 28.3. The van der Waals surface area contributed by atoms with Crippen LogP contribution in [0.5, 0.6) is 0 Å². The monoisotopic (exact) mass is 648 g/mol. The third kappa shape index (κ3) is 9.72. The fraction of sp³-hybridized carbons (Fsp3) is 0.351.